The monoisotopic (exact) mass is 418 g/mol. The smallest absolute Gasteiger partial charge is 0.416 e. The first kappa shape index (κ1) is 19.1. The lowest BCUT2D eigenvalue weighted by atomic mass is 10.2. The molecule has 2 heterocycles. The summed E-state index contributed by atoms with van der Waals surface area (Å²) >= 11 is 6.03. The van der Waals surface area contributed by atoms with E-state index in [1.165, 1.54) is 6.07 Å². The van der Waals surface area contributed by atoms with E-state index in [1.54, 1.807) is 48.3 Å². The lowest BCUT2D eigenvalue weighted by molar-refractivity contribution is -0.137. The zero-order valence-electron chi connectivity index (χ0n) is 15.0. The number of ether oxygens (including phenoxy) is 1. The van der Waals surface area contributed by atoms with E-state index in [4.69, 9.17) is 16.3 Å². The van der Waals surface area contributed by atoms with E-state index in [2.05, 4.69) is 15.3 Å². The Morgan fingerprint density at radius 2 is 1.76 bits per heavy atom. The van der Waals surface area contributed by atoms with E-state index in [1.807, 2.05) is 6.07 Å². The lowest BCUT2D eigenvalue weighted by Crippen LogP contribution is -2.05. The summed E-state index contributed by atoms with van der Waals surface area (Å²) in [7, 11) is 1.79. The van der Waals surface area contributed by atoms with Crippen molar-refractivity contribution in [1.29, 1.82) is 0 Å². The van der Waals surface area contributed by atoms with Crippen molar-refractivity contribution in [2.75, 3.05) is 5.32 Å². The first-order chi connectivity index (χ1) is 13.8. The summed E-state index contributed by atoms with van der Waals surface area (Å²) in [6.45, 7) is 0. The van der Waals surface area contributed by atoms with Crippen LogP contribution in [0.4, 0.5) is 24.8 Å². The van der Waals surface area contributed by atoms with Crippen LogP contribution in [0.1, 0.15) is 5.56 Å². The zero-order chi connectivity index (χ0) is 20.6. The number of halogens is 4. The quantitative estimate of drug-likeness (QED) is 0.430. The highest BCUT2D eigenvalue weighted by Gasteiger charge is 2.31. The van der Waals surface area contributed by atoms with Gasteiger partial charge in [0.15, 0.2) is 0 Å². The van der Waals surface area contributed by atoms with Gasteiger partial charge in [-0.15, -0.1) is 0 Å². The summed E-state index contributed by atoms with van der Waals surface area (Å²) in [5.41, 5.74) is 0.990. The Hall–Kier alpha value is -3.26. The molecule has 0 aliphatic rings. The molecule has 29 heavy (non-hydrogen) atoms. The van der Waals surface area contributed by atoms with Gasteiger partial charge in [-0.2, -0.15) is 13.2 Å². The highest BCUT2D eigenvalue weighted by molar-refractivity contribution is 6.33. The minimum Gasteiger partial charge on any atom is -0.457 e. The predicted octanol–water partition coefficient (Wildman–Crippen LogP) is 6.18. The molecule has 0 saturated carbocycles. The van der Waals surface area contributed by atoms with Crippen LogP contribution in [0.2, 0.25) is 5.02 Å². The second kappa shape index (κ2) is 7.29. The van der Waals surface area contributed by atoms with E-state index in [9.17, 15) is 13.2 Å². The van der Waals surface area contributed by atoms with Crippen molar-refractivity contribution < 1.29 is 17.9 Å². The number of pyridine rings is 1. The molecule has 0 unspecified atom stereocenters. The van der Waals surface area contributed by atoms with E-state index in [0.29, 0.717) is 28.7 Å². The molecule has 0 bridgehead atoms. The number of hydrogen-bond acceptors (Lipinski definition) is 4. The van der Waals surface area contributed by atoms with Crippen LogP contribution in [0.3, 0.4) is 0 Å². The Morgan fingerprint density at radius 1 is 1.00 bits per heavy atom. The fourth-order valence-corrected chi connectivity index (χ4v) is 3.04. The molecular weight excluding hydrogens is 405 g/mol. The molecule has 9 heteroatoms. The van der Waals surface area contributed by atoms with Crippen molar-refractivity contribution in [3.63, 3.8) is 0 Å². The summed E-state index contributed by atoms with van der Waals surface area (Å²) < 4.78 is 46.0. The normalized spacial score (nSPS) is 11.6. The molecule has 5 nitrogen and oxygen atoms in total. The van der Waals surface area contributed by atoms with E-state index >= 15 is 0 Å². The Labute approximate surface area is 168 Å². The third-order valence-corrected chi connectivity index (χ3v) is 4.59. The van der Waals surface area contributed by atoms with Gasteiger partial charge in [-0.1, -0.05) is 11.6 Å². The average Bonchev–Trinajstić information content (AvgIpc) is 2.98. The number of aromatic nitrogens is 3. The van der Waals surface area contributed by atoms with Crippen LogP contribution in [0, 0.1) is 0 Å². The number of hydrogen-bond donors (Lipinski definition) is 1. The summed E-state index contributed by atoms with van der Waals surface area (Å²) in [6.07, 6.45) is -1.19. The Kier molecular flexibility index (Phi) is 4.79. The maximum atomic E-state index is 12.8. The number of nitrogens with zero attached hydrogens (tertiary/aromatic N) is 3. The Morgan fingerprint density at radius 3 is 2.45 bits per heavy atom. The van der Waals surface area contributed by atoms with Gasteiger partial charge < -0.3 is 14.6 Å². The largest absolute Gasteiger partial charge is 0.457 e. The number of rotatable bonds is 4. The molecule has 148 valence electrons. The van der Waals surface area contributed by atoms with E-state index in [-0.39, 0.29) is 5.02 Å². The van der Waals surface area contributed by atoms with Gasteiger partial charge in [0.1, 0.15) is 11.5 Å². The molecule has 0 aliphatic carbocycles. The number of aryl methyl sites for hydroxylation is 1. The van der Waals surface area contributed by atoms with Crippen LogP contribution in [0.15, 0.2) is 60.9 Å². The molecule has 0 fully saturated rings. The zero-order valence-corrected chi connectivity index (χ0v) is 15.8. The van der Waals surface area contributed by atoms with Gasteiger partial charge in [0, 0.05) is 25.5 Å². The van der Waals surface area contributed by atoms with Gasteiger partial charge in [-0.05, 0) is 42.5 Å². The molecule has 2 aromatic carbocycles. The van der Waals surface area contributed by atoms with Gasteiger partial charge in [0.05, 0.1) is 27.3 Å². The minimum absolute atomic E-state index is 0.0476. The van der Waals surface area contributed by atoms with Crippen LogP contribution in [-0.2, 0) is 13.2 Å². The molecule has 2 aromatic heterocycles. The van der Waals surface area contributed by atoms with Crippen LogP contribution in [0.25, 0.3) is 11.0 Å². The SMILES string of the molecule is Cn1c(Nc2ccc(C(F)(F)F)cc2Cl)nc2cc(Oc3ccncc3)ccc21. The molecule has 0 radical (unpaired) electrons. The van der Waals surface area contributed by atoms with Gasteiger partial charge in [0.25, 0.3) is 0 Å². The Balaban J connectivity index is 1.62. The third kappa shape index (κ3) is 3.97. The summed E-state index contributed by atoms with van der Waals surface area (Å²) in [6, 6.07) is 12.0. The number of fused-ring (bicyclic) bond motifs is 1. The van der Waals surface area contributed by atoms with Crippen molar-refractivity contribution in [3.8, 4) is 11.5 Å². The van der Waals surface area contributed by atoms with Crippen molar-refractivity contribution in [2.45, 2.75) is 6.18 Å². The van der Waals surface area contributed by atoms with E-state index < -0.39 is 11.7 Å². The maximum absolute atomic E-state index is 12.8. The molecule has 0 saturated heterocycles. The van der Waals surface area contributed by atoms with Gasteiger partial charge in [0.2, 0.25) is 5.95 Å². The van der Waals surface area contributed by atoms with Crippen LogP contribution < -0.4 is 10.1 Å². The van der Waals surface area contributed by atoms with Crippen LogP contribution >= 0.6 is 11.6 Å². The first-order valence-corrected chi connectivity index (χ1v) is 8.87. The molecule has 4 rings (SSSR count). The summed E-state index contributed by atoms with van der Waals surface area (Å²) in [5, 5.41) is 2.93. The maximum Gasteiger partial charge on any atom is 0.416 e. The summed E-state index contributed by atoms with van der Waals surface area (Å²) in [5.74, 6) is 1.67. The third-order valence-electron chi connectivity index (χ3n) is 4.28. The van der Waals surface area contributed by atoms with Gasteiger partial charge >= 0.3 is 6.18 Å². The minimum atomic E-state index is -4.45. The number of nitrogens with one attached hydrogen (secondary N) is 1. The molecule has 0 atom stereocenters. The highest BCUT2D eigenvalue weighted by atomic mass is 35.5. The van der Waals surface area contributed by atoms with Crippen LogP contribution in [-0.4, -0.2) is 14.5 Å². The van der Waals surface area contributed by atoms with E-state index in [0.717, 1.165) is 17.6 Å². The topological polar surface area (TPSA) is 52.0 Å². The molecule has 0 spiro atoms. The fourth-order valence-electron chi connectivity index (χ4n) is 2.81. The molecular formula is C20H14ClF3N4O. The highest BCUT2D eigenvalue weighted by Crippen LogP contribution is 2.35. The van der Waals surface area contributed by atoms with Gasteiger partial charge in [-0.3, -0.25) is 4.98 Å². The Bertz CT molecular complexity index is 1180. The predicted molar refractivity (Wildman–Crippen MR) is 105 cm³/mol. The van der Waals surface area contributed by atoms with Crippen molar-refractivity contribution in [1.82, 2.24) is 14.5 Å². The lowest BCUT2D eigenvalue weighted by Gasteiger charge is -2.11. The standard InChI is InChI=1S/C20H14ClF3N4O/c1-28-18-5-3-14(29-13-6-8-25-9-7-13)11-17(18)27-19(28)26-16-4-2-12(10-15(16)21)20(22,23)24/h2-11H,1H3,(H,26,27). The van der Waals surface area contributed by atoms with Gasteiger partial charge in [-0.25, -0.2) is 4.98 Å². The van der Waals surface area contributed by atoms with Crippen molar-refractivity contribution in [3.05, 3.63) is 71.5 Å². The summed E-state index contributed by atoms with van der Waals surface area (Å²) in [4.78, 5) is 8.44. The second-order valence-electron chi connectivity index (χ2n) is 6.25. The first-order valence-electron chi connectivity index (χ1n) is 8.49. The molecule has 1 N–H and O–H groups in total. The van der Waals surface area contributed by atoms with Crippen molar-refractivity contribution in [2.24, 2.45) is 7.05 Å². The molecule has 4 aromatic rings. The number of anilines is 2. The molecule has 0 aliphatic heterocycles. The average molecular weight is 419 g/mol. The number of imidazole rings is 1. The number of alkyl halides is 3. The molecule has 0 amide bonds. The fraction of sp³-hybridized carbons (Fsp3) is 0.100. The second-order valence-corrected chi connectivity index (χ2v) is 6.65. The van der Waals surface area contributed by atoms with Crippen molar-refractivity contribution >= 4 is 34.3 Å². The van der Waals surface area contributed by atoms with Crippen LogP contribution in [0.5, 0.6) is 11.5 Å². The number of benzene rings is 2.